The second kappa shape index (κ2) is 41.5. The van der Waals surface area contributed by atoms with Crippen LogP contribution in [0.1, 0.15) is 31.3 Å². The highest BCUT2D eigenvalue weighted by Gasteiger charge is 2.40. The predicted octanol–water partition coefficient (Wildman–Crippen LogP) is 20.0. The number of nitrogens with one attached hydrogen (secondary N) is 3. The molecule has 3 N–H and O–H groups in total. The number of hydrogen-bond donors (Lipinski definition) is 3. The number of amides is 6. The molecule has 0 bridgehead atoms. The van der Waals surface area contributed by atoms with Crippen molar-refractivity contribution in [2.24, 2.45) is 0 Å². The summed E-state index contributed by atoms with van der Waals surface area (Å²) in [5.74, 6) is -7.93. The van der Waals surface area contributed by atoms with E-state index in [1.165, 1.54) is 0 Å². The number of rotatable bonds is 30. The fourth-order valence-electron chi connectivity index (χ4n) is 8.27. The SMILES string of the molecule is O=C(N(COCc1ccccc1)c1nc(OCC(F)(F)F)cc(OCC(F)(F)F)n1)N(COCc1ccccc1)c1ccc(C(F)(F)F)s1.O=C(Nc1ccc(C(F)(F)F)s1)N(COCc1ccccc1)c1nc(OCC(F)(F)F)cc(OCC(F)(F)F)n1.O=C(Nc1nc(OCC(F)(F)F)cc(OCC(F)(F)F)n1)Nc1ccc(C(F)(F)F)s1. The number of hydrogen-bond acceptors (Lipinski definition) is 21. The molecule has 3 aromatic carbocycles. The number of thiophene rings is 3. The maximum atomic E-state index is 14.1. The summed E-state index contributed by atoms with van der Waals surface area (Å²) >= 11 is 0.511. The molecular weight excluding hydrogens is 1760 g/mol. The van der Waals surface area contributed by atoms with Crippen LogP contribution in [0.5, 0.6) is 35.3 Å². The van der Waals surface area contributed by atoms with E-state index in [4.69, 9.17) is 14.2 Å². The molecule has 24 nitrogen and oxygen atoms in total. The van der Waals surface area contributed by atoms with Gasteiger partial charge < -0.3 is 42.6 Å². The van der Waals surface area contributed by atoms with Crippen LogP contribution in [0, 0.1) is 0 Å². The molecule has 6 heterocycles. The lowest BCUT2D eigenvalue weighted by Crippen LogP contribution is -2.46. The third kappa shape index (κ3) is 35.3. The maximum Gasteiger partial charge on any atom is 0.425 e. The Balaban J connectivity index is 0.000000255. The first-order chi connectivity index (χ1) is 55.8. The van der Waals surface area contributed by atoms with Crippen molar-refractivity contribution in [3.05, 3.63) is 177 Å². The van der Waals surface area contributed by atoms with Gasteiger partial charge in [0.1, 0.15) is 39.8 Å². The van der Waals surface area contributed by atoms with Gasteiger partial charge in [-0.2, -0.15) is 148 Å². The number of anilines is 6. The summed E-state index contributed by atoms with van der Waals surface area (Å²) in [4.78, 5) is 59.2. The minimum Gasteiger partial charge on any atom is -0.468 e. The zero-order valence-electron chi connectivity index (χ0n) is 59.2. The summed E-state index contributed by atoms with van der Waals surface area (Å²) in [5, 5.41) is 5.13. The number of carbonyl (C=O) groups is 3. The van der Waals surface area contributed by atoms with Crippen LogP contribution in [0.15, 0.2) is 146 Å². The first-order valence-electron chi connectivity index (χ1n) is 32.2. The minimum absolute atomic E-state index is 0.0979. The first kappa shape index (κ1) is 95.7. The third-order valence-corrected chi connectivity index (χ3v) is 16.3. The number of benzene rings is 3. The predicted molar refractivity (Wildman–Crippen MR) is 366 cm³/mol. The largest absolute Gasteiger partial charge is 0.468 e. The van der Waals surface area contributed by atoms with Crippen LogP contribution in [0.25, 0.3) is 0 Å². The standard InChI is InChI=1S/C30H25F9N4O5S.C22H17F9N4O4S.C14H9F9N4O3S/c31-28(32,33)16-47-23-13-24(48-17-29(34,35)36)41-26(40-23)43(19-46-15-21-9-5-2-6-10-21)27(44)42(18-45-14-20-7-3-1-4-8-20)25-12-11-22(49-25)30(37,38)39;23-20(24,25)10-38-15-8-16(39-11-21(26,27)28)33-18(32-15)35(12-37-9-13-4-2-1-3-5-13)19(36)34-17-7-6-14(40-17)22(29,30)31;15-12(16,17)4-29-7-3-8(30-5-13(18,19)20)25-10(24-7)27-11(28)26-9-2-1-6(31-9)14(21,22)23/h1-13H,14-19H2;1-8H,9-12H2,(H,34,36);1-3H,4-5H2,(H2,24,25,26,27,28). The zero-order chi connectivity index (χ0) is 88.7. The molecule has 0 saturated heterocycles. The zero-order valence-corrected chi connectivity index (χ0v) is 61.6. The summed E-state index contributed by atoms with van der Waals surface area (Å²) in [5.41, 5.74) is 1.86. The Hall–Kier alpha value is -11.4. The molecule has 120 heavy (non-hydrogen) atoms. The fraction of sp³-hybridized carbons (Fsp3) is 0.318. The van der Waals surface area contributed by atoms with Gasteiger partial charge in [-0.3, -0.25) is 20.9 Å². The molecule has 0 aliphatic carbocycles. The molecule has 654 valence electrons. The lowest BCUT2D eigenvalue weighted by atomic mass is 10.2. The van der Waals surface area contributed by atoms with Crippen LogP contribution in [0.3, 0.4) is 0 Å². The number of halogens is 27. The Bertz CT molecular complexity index is 4620. The Kier molecular flexibility index (Phi) is 33.1. The Morgan fingerprint density at radius 1 is 0.317 bits per heavy atom. The highest BCUT2D eigenvalue weighted by Crippen LogP contribution is 2.41. The highest BCUT2D eigenvalue weighted by atomic mass is 32.1. The molecule has 0 atom stereocenters. The summed E-state index contributed by atoms with van der Waals surface area (Å²) in [7, 11) is 0. The summed E-state index contributed by atoms with van der Waals surface area (Å²) in [6.07, 6.45) is -43.3. The van der Waals surface area contributed by atoms with Crippen LogP contribution in [0.2, 0.25) is 0 Å². The number of urea groups is 3. The van der Waals surface area contributed by atoms with E-state index in [1.54, 1.807) is 91.0 Å². The van der Waals surface area contributed by atoms with E-state index < -0.39 is 201 Å². The van der Waals surface area contributed by atoms with Crippen molar-refractivity contribution in [2.75, 3.05) is 90.5 Å². The van der Waals surface area contributed by atoms with Crippen LogP contribution >= 0.6 is 34.0 Å². The summed E-state index contributed by atoms with van der Waals surface area (Å²) in [6.45, 7) is -13.9. The van der Waals surface area contributed by atoms with Crippen LogP contribution in [-0.2, 0) is 52.6 Å². The van der Waals surface area contributed by atoms with Crippen molar-refractivity contribution in [2.45, 2.75) is 75.4 Å². The topological polar surface area (TPSA) is 257 Å². The van der Waals surface area contributed by atoms with Gasteiger partial charge in [-0.1, -0.05) is 91.0 Å². The average Bonchev–Trinajstić information content (AvgIpc) is 1.41. The van der Waals surface area contributed by atoms with Gasteiger partial charge in [0, 0.05) is 0 Å². The molecule has 0 saturated carbocycles. The smallest absolute Gasteiger partial charge is 0.425 e. The number of ether oxygens (including phenoxy) is 9. The van der Waals surface area contributed by atoms with E-state index in [9.17, 15) is 133 Å². The van der Waals surface area contributed by atoms with Gasteiger partial charge >= 0.3 is 73.7 Å². The molecular formula is C66H51F27N12O12S3. The van der Waals surface area contributed by atoms with Crippen molar-refractivity contribution in [1.29, 1.82) is 0 Å². The van der Waals surface area contributed by atoms with Gasteiger partial charge in [-0.25, -0.2) is 24.2 Å². The van der Waals surface area contributed by atoms with Crippen molar-refractivity contribution in [3.8, 4) is 35.3 Å². The number of aromatic nitrogens is 6. The Morgan fingerprint density at radius 2 is 0.600 bits per heavy atom. The van der Waals surface area contributed by atoms with Gasteiger partial charge in [0.05, 0.1) is 48.0 Å². The molecule has 0 aliphatic rings. The monoisotopic (exact) mass is 1810 g/mol. The molecule has 0 aliphatic heterocycles. The van der Waals surface area contributed by atoms with Crippen molar-refractivity contribution in [3.63, 3.8) is 0 Å². The molecule has 6 amide bonds. The third-order valence-electron chi connectivity index (χ3n) is 13.1. The molecule has 54 heteroatoms. The number of nitrogens with zero attached hydrogens (tertiary/aromatic N) is 9. The molecule has 9 aromatic rings. The van der Waals surface area contributed by atoms with Gasteiger partial charge in [-0.15, -0.1) is 34.0 Å². The lowest BCUT2D eigenvalue weighted by molar-refractivity contribution is -0.155. The van der Waals surface area contributed by atoms with Gasteiger partial charge in [0.2, 0.25) is 53.1 Å². The minimum atomic E-state index is -4.89. The first-order valence-corrected chi connectivity index (χ1v) is 34.7. The van der Waals surface area contributed by atoms with Crippen molar-refractivity contribution >= 4 is 85.0 Å². The van der Waals surface area contributed by atoms with Crippen LogP contribution < -0.4 is 59.1 Å². The van der Waals surface area contributed by atoms with E-state index in [-0.39, 0.29) is 68.8 Å². The Morgan fingerprint density at radius 3 is 0.908 bits per heavy atom. The maximum absolute atomic E-state index is 14.1. The van der Waals surface area contributed by atoms with Gasteiger partial charge in [-0.05, 0) is 53.1 Å². The lowest BCUT2D eigenvalue weighted by Gasteiger charge is -2.28. The molecule has 0 radical (unpaired) electrons. The van der Waals surface area contributed by atoms with Gasteiger partial charge in [0.15, 0.2) is 39.6 Å². The van der Waals surface area contributed by atoms with E-state index in [1.807, 2.05) is 10.6 Å². The van der Waals surface area contributed by atoms with E-state index in [0.29, 0.717) is 56.8 Å². The molecule has 6 aromatic heterocycles. The van der Waals surface area contributed by atoms with Crippen LogP contribution in [-0.4, -0.2) is 145 Å². The highest BCUT2D eigenvalue weighted by molar-refractivity contribution is 7.17. The van der Waals surface area contributed by atoms with Crippen molar-refractivity contribution < 1.29 is 176 Å². The average molecular weight is 1810 g/mol. The second-order valence-corrected chi connectivity index (χ2v) is 26.1. The van der Waals surface area contributed by atoms with Gasteiger partial charge in [0.25, 0.3) is 0 Å². The molecule has 0 spiro atoms. The Labute approximate surface area is 666 Å². The van der Waals surface area contributed by atoms with E-state index in [0.717, 1.165) is 29.2 Å². The van der Waals surface area contributed by atoms with Crippen molar-refractivity contribution in [1.82, 2.24) is 29.9 Å². The van der Waals surface area contributed by atoms with E-state index >= 15 is 0 Å². The quantitative estimate of drug-likeness (QED) is 0.0279. The fourth-order valence-corrected chi connectivity index (χ4v) is 10.7. The molecule has 9 rings (SSSR count). The molecule has 0 fully saturated rings. The van der Waals surface area contributed by atoms with E-state index in [2.05, 4.69) is 63.6 Å². The number of carbonyl (C=O) groups excluding carboxylic acids is 3. The molecule has 0 unspecified atom stereocenters. The van der Waals surface area contributed by atoms with Crippen LogP contribution in [0.4, 0.5) is 166 Å². The normalized spacial score (nSPS) is 12.2. The summed E-state index contributed by atoms with van der Waals surface area (Å²) in [6, 6.07) is 28.1. The second-order valence-electron chi connectivity index (χ2n) is 22.9. The summed E-state index contributed by atoms with van der Waals surface area (Å²) < 4.78 is 388. The number of alkyl halides is 27.